The number of carbonyl (C=O) groups is 1. The van der Waals surface area contributed by atoms with Crippen LogP contribution in [-0.4, -0.2) is 11.7 Å². The summed E-state index contributed by atoms with van der Waals surface area (Å²) in [6.45, 7) is 0. The Kier molecular flexibility index (Phi) is 2.37. The number of carboxylic acids is 1. The van der Waals surface area contributed by atoms with Gasteiger partial charge in [0.25, 0.3) is 0 Å². The van der Waals surface area contributed by atoms with Gasteiger partial charge in [-0.3, -0.25) is 0 Å². The molecule has 0 aliphatic carbocycles. The zero-order valence-corrected chi connectivity index (χ0v) is 7.95. The number of fused-ring (bicyclic) bond motifs is 1. The maximum absolute atomic E-state index is 10.6. The Balaban J connectivity index is 2.41. The molecule has 0 unspecified atom stereocenters. The summed E-state index contributed by atoms with van der Waals surface area (Å²) < 4.78 is 3.85. The summed E-state index contributed by atoms with van der Waals surface area (Å²) in [5, 5.41) is 10.6. The Morgan fingerprint density at radius 3 is 2.86 bits per heavy atom. The van der Waals surface area contributed by atoms with E-state index in [-0.39, 0.29) is 5.71 Å². The fourth-order valence-electron chi connectivity index (χ4n) is 1.10. The maximum atomic E-state index is 10.6. The highest BCUT2D eigenvalue weighted by Gasteiger charge is 2.05. The van der Waals surface area contributed by atoms with Crippen molar-refractivity contribution in [2.24, 2.45) is 4.40 Å². The molecule has 2 rings (SSSR count). The van der Waals surface area contributed by atoms with Gasteiger partial charge in [-0.1, -0.05) is 24.3 Å². The summed E-state index contributed by atoms with van der Waals surface area (Å²) in [7, 11) is 0. The van der Waals surface area contributed by atoms with Crippen LogP contribution in [0, 0.1) is 0 Å². The molecule has 1 aliphatic heterocycles. The average Bonchev–Trinajstić information content (AvgIpc) is 2.39. The number of hydrogen-bond donors (Lipinski definition) is 0. The van der Waals surface area contributed by atoms with Gasteiger partial charge in [-0.25, -0.2) is 4.40 Å². The van der Waals surface area contributed by atoms with Gasteiger partial charge in [0.2, 0.25) is 0 Å². The van der Waals surface area contributed by atoms with Crippen LogP contribution in [0.15, 0.2) is 39.6 Å². The van der Waals surface area contributed by atoms with Gasteiger partial charge in [0.1, 0.15) is 0 Å². The molecule has 0 atom stereocenters. The highest BCUT2D eigenvalue weighted by atomic mass is 32.2. The number of aliphatic carboxylic acids is 1. The average molecular weight is 204 g/mol. The largest absolute Gasteiger partial charge is 0.543 e. The SMILES string of the molecule is O=C([O-])C1=NSc2ccccc2C=C1. The number of rotatable bonds is 1. The number of carbonyl (C=O) groups excluding carboxylic acids is 1. The fourth-order valence-corrected chi connectivity index (χ4v) is 1.82. The molecule has 4 heteroatoms. The van der Waals surface area contributed by atoms with E-state index in [0.29, 0.717) is 0 Å². The van der Waals surface area contributed by atoms with Crippen molar-refractivity contribution in [3.63, 3.8) is 0 Å². The zero-order valence-electron chi connectivity index (χ0n) is 7.14. The monoisotopic (exact) mass is 204 g/mol. The number of hydrogen-bond acceptors (Lipinski definition) is 4. The second-order valence-corrected chi connectivity index (χ2v) is 3.53. The number of carboxylic acid groups (broad SMARTS) is 1. The van der Waals surface area contributed by atoms with E-state index in [4.69, 9.17) is 0 Å². The van der Waals surface area contributed by atoms with Crippen molar-refractivity contribution in [3.05, 3.63) is 35.9 Å². The lowest BCUT2D eigenvalue weighted by molar-refractivity contribution is -0.293. The summed E-state index contributed by atoms with van der Waals surface area (Å²) in [4.78, 5) is 11.5. The van der Waals surface area contributed by atoms with Gasteiger partial charge < -0.3 is 9.90 Å². The minimum absolute atomic E-state index is 0.0359. The molecule has 0 saturated carbocycles. The van der Waals surface area contributed by atoms with Gasteiger partial charge in [-0.05, 0) is 17.7 Å². The van der Waals surface area contributed by atoms with Crippen LogP contribution in [0.3, 0.4) is 0 Å². The molecule has 1 aliphatic rings. The van der Waals surface area contributed by atoms with Gasteiger partial charge in [0.15, 0.2) is 0 Å². The third kappa shape index (κ3) is 1.70. The first kappa shape index (κ1) is 9.02. The van der Waals surface area contributed by atoms with Crippen molar-refractivity contribution in [2.45, 2.75) is 4.90 Å². The molecule has 0 bridgehead atoms. The highest BCUT2D eigenvalue weighted by molar-refractivity contribution is 7.98. The first-order valence-corrected chi connectivity index (χ1v) is 4.78. The summed E-state index contributed by atoms with van der Waals surface area (Å²) >= 11 is 1.15. The minimum atomic E-state index is -1.25. The molecule has 0 saturated heterocycles. The van der Waals surface area contributed by atoms with Crippen LogP contribution in [-0.2, 0) is 4.79 Å². The highest BCUT2D eigenvalue weighted by Crippen LogP contribution is 2.26. The second kappa shape index (κ2) is 3.67. The lowest BCUT2D eigenvalue weighted by atomic mass is 10.2. The maximum Gasteiger partial charge on any atom is 0.0944 e. The molecule has 0 N–H and O–H groups in total. The van der Waals surface area contributed by atoms with Crippen LogP contribution in [0.25, 0.3) is 6.08 Å². The van der Waals surface area contributed by atoms with Crippen LogP contribution in [0.1, 0.15) is 5.56 Å². The van der Waals surface area contributed by atoms with Crippen molar-refractivity contribution < 1.29 is 9.90 Å². The van der Waals surface area contributed by atoms with E-state index >= 15 is 0 Å². The molecule has 0 spiro atoms. The molecule has 0 amide bonds. The van der Waals surface area contributed by atoms with Crippen LogP contribution >= 0.6 is 11.9 Å². The molecule has 0 fully saturated rings. The Labute approximate surface area is 85.3 Å². The molecule has 14 heavy (non-hydrogen) atoms. The molecule has 1 aromatic carbocycles. The smallest absolute Gasteiger partial charge is 0.0944 e. The van der Waals surface area contributed by atoms with E-state index < -0.39 is 5.97 Å². The Hall–Kier alpha value is -1.55. The Morgan fingerprint density at radius 2 is 2.07 bits per heavy atom. The molecule has 0 aromatic heterocycles. The van der Waals surface area contributed by atoms with Crippen molar-refractivity contribution in [2.75, 3.05) is 0 Å². The number of benzene rings is 1. The van der Waals surface area contributed by atoms with E-state index in [0.717, 1.165) is 22.4 Å². The zero-order chi connectivity index (χ0) is 9.97. The second-order valence-electron chi connectivity index (χ2n) is 2.73. The Bertz CT molecular complexity index is 438. The van der Waals surface area contributed by atoms with E-state index in [2.05, 4.69) is 4.40 Å². The first-order chi connectivity index (χ1) is 6.77. The predicted molar refractivity (Wildman–Crippen MR) is 53.8 cm³/mol. The van der Waals surface area contributed by atoms with Gasteiger partial charge in [0, 0.05) is 16.8 Å². The third-order valence-corrected chi connectivity index (χ3v) is 2.65. The third-order valence-electron chi connectivity index (χ3n) is 1.79. The molecular weight excluding hydrogens is 198 g/mol. The van der Waals surface area contributed by atoms with Gasteiger partial charge in [-0.15, -0.1) is 0 Å². The van der Waals surface area contributed by atoms with Crippen LogP contribution < -0.4 is 5.11 Å². The molecular formula is C10H6NO2S-. The van der Waals surface area contributed by atoms with Gasteiger partial charge in [-0.2, -0.15) is 0 Å². The standard InChI is InChI=1S/C10H7NO2S/c12-10(13)8-6-5-7-3-1-2-4-9(7)14-11-8/h1-6H,(H,12,13)/p-1. The van der Waals surface area contributed by atoms with E-state index in [1.807, 2.05) is 24.3 Å². The molecule has 0 radical (unpaired) electrons. The molecule has 70 valence electrons. The summed E-state index contributed by atoms with van der Waals surface area (Å²) in [5.41, 5.74) is 0.934. The summed E-state index contributed by atoms with van der Waals surface area (Å²) in [5.74, 6) is -1.25. The fraction of sp³-hybridized carbons (Fsp3) is 0. The van der Waals surface area contributed by atoms with E-state index in [1.54, 1.807) is 6.08 Å². The lowest BCUT2D eigenvalue weighted by Crippen LogP contribution is -2.29. The van der Waals surface area contributed by atoms with Crippen molar-refractivity contribution >= 4 is 29.7 Å². The van der Waals surface area contributed by atoms with Crippen LogP contribution in [0.4, 0.5) is 0 Å². The van der Waals surface area contributed by atoms with Gasteiger partial charge in [0.05, 0.1) is 11.7 Å². The lowest BCUT2D eigenvalue weighted by Gasteiger charge is -1.98. The van der Waals surface area contributed by atoms with Gasteiger partial charge >= 0.3 is 0 Å². The predicted octanol–water partition coefficient (Wildman–Crippen LogP) is 0.911. The van der Waals surface area contributed by atoms with E-state index in [9.17, 15) is 9.90 Å². The molecule has 3 nitrogen and oxygen atoms in total. The first-order valence-electron chi connectivity index (χ1n) is 4.01. The summed E-state index contributed by atoms with van der Waals surface area (Å²) in [6.07, 6.45) is 3.18. The molecule has 1 aromatic rings. The van der Waals surface area contributed by atoms with Crippen molar-refractivity contribution in [3.8, 4) is 0 Å². The van der Waals surface area contributed by atoms with Crippen molar-refractivity contribution in [1.29, 1.82) is 0 Å². The number of nitrogens with zero attached hydrogens (tertiary/aromatic N) is 1. The molecule has 1 heterocycles. The quantitative estimate of drug-likeness (QED) is 0.639. The van der Waals surface area contributed by atoms with E-state index in [1.165, 1.54) is 6.08 Å². The normalized spacial score (nSPS) is 14.1. The Morgan fingerprint density at radius 1 is 1.29 bits per heavy atom. The van der Waals surface area contributed by atoms with Crippen LogP contribution in [0.5, 0.6) is 0 Å². The topological polar surface area (TPSA) is 52.5 Å². The minimum Gasteiger partial charge on any atom is -0.543 e. The van der Waals surface area contributed by atoms with Crippen LogP contribution in [0.2, 0.25) is 0 Å². The summed E-state index contributed by atoms with van der Waals surface area (Å²) in [6, 6.07) is 7.59. The van der Waals surface area contributed by atoms with Crippen molar-refractivity contribution in [1.82, 2.24) is 0 Å².